The van der Waals surface area contributed by atoms with Crippen LogP contribution in [0, 0.1) is 0 Å². The Balaban J connectivity index is 2.63. The highest BCUT2D eigenvalue weighted by Crippen LogP contribution is 2.41. The molecular formula is C14H17N3O3. The molecule has 0 unspecified atom stereocenters. The summed E-state index contributed by atoms with van der Waals surface area (Å²) < 4.78 is 16.0. The highest BCUT2D eigenvalue weighted by atomic mass is 16.5. The lowest BCUT2D eigenvalue weighted by atomic mass is 10.1. The van der Waals surface area contributed by atoms with Crippen LogP contribution < -0.4 is 19.5 Å². The molecule has 0 aliphatic heterocycles. The Morgan fingerprint density at radius 2 is 1.50 bits per heavy atom. The van der Waals surface area contributed by atoms with Crippen LogP contribution in [0.3, 0.4) is 0 Å². The summed E-state index contributed by atoms with van der Waals surface area (Å²) in [5.74, 6) is 2.39. The fourth-order valence-corrected chi connectivity index (χ4v) is 1.95. The van der Waals surface area contributed by atoms with E-state index in [-0.39, 0.29) is 0 Å². The van der Waals surface area contributed by atoms with Crippen molar-refractivity contribution < 1.29 is 14.2 Å². The lowest BCUT2D eigenvalue weighted by molar-refractivity contribution is 0.324. The Hall–Kier alpha value is -2.50. The maximum atomic E-state index is 5.34. The van der Waals surface area contributed by atoms with E-state index in [0.717, 1.165) is 5.56 Å². The van der Waals surface area contributed by atoms with Gasteiger partial charge in [0.1, 0.15) is 5.69 Å². The summed E-state index contributed by atoms with van der Waals surface area (Å²) in [4.78, 5) is 8.59. The van der Waals surface area contributed by atoms with Crippen LogP contribution in [-0.4, -0.2) is 38.3 Å². The molecule has 0 spiro atoms. The van der Waals surface area contributed by atoms with Crippen molar-refractivity contribution in [3.63, 3.8) is 0 Å². The Labute approximate surface area is 117 Å². The van der Waals surface area contributed by atoms with Gasteiger partial charge in [0.15, 0.2) is 17.3 Å². The largest absolute Gasteiger partial charge is 0.493 e. The van der Waals surface area contributed by atoms with Gasteiger partial charge in [0.2, 0.25) is 5.75 Å². The Morgan fingerprint density at radius 3 is 2.00 bits per heavy atom. The number of aromatic nitrogens is 2. The highest BCUT2D eigenvalue weighted by molar-refractivity contribution is 5.75. The molecule has 2 aromatic rings. The monoisotopic (exact) mass is 275 g/mol. The van der Waals surface area contributed by atoms with E-state index in [2.05, 4.69) is 15.3 Å². The van der Waals surface area contributed by atoms with Crippen LogP contribution in [0.25, 0.3) is 11.3 Å². The van der Waals surface area contributed by atoms with Gasteiger partial charge >= 0.3 is 0 Å². The molecule has 6 heteroatoms. The molecule has 0 atom stereocenters. The lowest BCUT2D eigenvalue weighted by Gasteiger charge is -2.14. The number of ether oxygens (including phenoxy) is 3. The highest BCUT2D eigenvalue weighted by Gasteiger charge is 2.16. The van der Waals surface area contributed by atoms with E-state index in [0.29, 0.717) is 28.8 Å². The molecule has 6 nitrogen and oxygen atoms in total. The van der Waals surface area contributed by atoms with Crippen molar-refractivity contribution in [2.24, 2.45) is 0 Å². The SMILES string of the molecule is CNc1nccnc1-c1cc(OC)c(OC)c(OC)c1. The Kier molecular flexibility index (Phi) is 4.24. The first-order valence-corrected chi connectivity index (χ1v) is 6.04. The average Bonchev–Trinajstić information content (AvgIpc) is 2.53. The predicted molar refractivity (Wildman–Crippen MR) is 76.7 cm³/mol. The maximum absolute atomic E-state index is 5.34. The lowest BCUT2D eigenvalue weighted by Crippen LogP contribution is -1.99. The number of nitrogens with zero attached hydrogens (tertiary/aromatic N) is 2. The van der Waals surface area contributed by atoms with Crippen molar-refractivity contribution >= 4 is 5.82 Å². The fourth-order valence-electron chi connectivity index (χ4n) is 1.95. The van der Waals surface area contributed by atoms with Crippen molar-refractivity contribution in [2.75, 3.05) is 33.7 Å². The molecular weight excluding hydrogens is 258 g/mol. The minimum absolute atomic E-state index is 0.550. The van der Waals surface area contributed by atoms with Crippen LogP contribution in [0.15, 0.2) is 24.5 Å². The maximum Gasteiger partial charge on any atom is 0.203 e. The van der Waals surface area contributed by atoms with Gasteiger partial charge in [0, 0.05) is 25.0 Å². The van der Waals surface area contributed by atoms with E-state index in [9.17, 15) is 0 Å². The van der Waals surface area contributed by atoms with Crippen molar-refractivity contribution in [3.8, 4) is 28.5 Å². The van der Waals surface area contributed by atoms with E-state index >= 15 is 0 Å². The Morgan fingerprint density at radius 1 is 0.900 bits per heavy atom. The summed E-state index contributed by atoms with van der Waals surface area (Å²) in [5.41, 5.74) is 1.55. The number of methoxy groups -OCH3 is 3. The van der Waals surface area contributed by atoms with Gasteiger partial charge < -0.3 is 19.5 Å². The summed E-state index contributed by atoms with van der Waals surface area (Å²) in [5, 5.41) is 3.01. The molecule has 0 aliphatic carbocycles. The molecule has 2 rings (SSSR count). The van der Waals surface area contributed by atoms with Gasteiger partial charge in [-0.2, -0.15) is 0 Å². The third-order valence-electron chi connectivity index (χ3n) is 2.87. The standard InChI is InChI=1S/C14H17N3O3/c1-15-14-12(16-5-6-17-14)9-7-10(18-2)13(20-4)11(8-9)19-3/h5-8H,1-4H3,(H,15,17). The molecule has 0 saturated carbocycles. The van der Waals surface area contributed by atoms with Crippen LogP contribution in [0.2, 0.25) is 0 Å². The molecule has 0 fully saturated rings. The van der Waals surface area contributed by atoms with Gasteiger partial charge in [0.25, 0.3) is 0 Å². The fraction of sp³-hybridized carbons (Fsp3) is 0.286. The van der Waals surface area contributed by atoms with Gasteiger partial charge in [0.05, 0.1) is 21.3 Å². The molecule has 0 radical (unpaired) electrons. The molecule has 1 aromatic carbocycles. The number of anilines is 1. The topological polar surface area (TPSA) is 65.5 Å². The molecule has 1 heterocycles. The predicted octanol–water partition coefficient (Wildman–Crippen LogP) is 2.21. The normalized spacial score (nSPS) is 10.0. The van der Waals surface area contributed by atoms with Gasteiger partial charge in [-0.25, -0.2) is 4.98 Å². The first kappa shape index (κ1) is 13.9. The van der Waals surface area contributed by atoms with Gasteiger partial charge in [-0.05, 0) is 12.1 Å². The quantitative estimate of drug-likeness (QED) is 0.902. The van der Waals surface area contributed by atoms with Crippen LogP contribution >= 0.6 is 0 Å². The minimum atomic E-state index is 0.550. The second-order valence-corrected chi connectivity index (χ2v) is 3.92. The van der Waals surface area contributed by atoms with Crippen molar-refractivity contribution in [1.29, 1.82) is 0 Å². The zero-order chi connectivity index (χ0) is 14.5. The minimum Gasteiger partial charge on any atom is -0.493 e. The third-order valence-corrected chi connectivity index (χ3v) is 2.87. The second kappa shape index (κ2) is 6.10. The average molecular weight is 275 g/mol. The molecule has 106 valence electrons. The smallest absolute Gasteiger partial charge is 0.203 e. The molecule has 1 aromatic heterocycles. The zero-order valence-corrected chi connectivity index (χ0v) is 11.9. The van der Waals surface area contributed by atoms with E-state index in [1.54, 1.807) is 40.8 Å². The second-order valence-electron chi connectivity index (χ2n) is 3.92. The number of hydrogen-bond donors (Lipinski definition) is 1. The van der Waals surface area contributed by atoms with E-state index in [1.807, 2.05) is 12.1 Å². The summed E-state index contributed by atoms with van der Waals surface area (Å²) in [6.07, 6.45) is 3.27. The van der Waals surface area contributed by atoms with E-state index < -0.39 is 0 Å². The van der Waals surface area contributed by atoms with Gasteiger partial charge in [-0.15, -0.1) is 0 Å². The van der Waals surface area contributed by atoms with Crippen molar-refractivity contribution in [2.45, 2.75) is 0 Å². The van der Waals surface area contributed by atoms with Crippen LogP contribution in [0.5, 0.6) is 17.2 Å². The van der Waals surface area contributed by atoms with Gasteiger partial charge in [-0.3, -0.25) is 4.98 Å². The first-order valence-electron chi connectivity index (χ1n) is 6.04. The molecule has 0 aliphatic rings. The summed E-state index contributed by atoms with van der Waals surface area (Å²) in [6.45, 7) is 0. The van der Waals surface area contributed by atoms with E-state index in [1.165, 1.54) is 0 Å². The summed E-state index contributed by atoms with van der Waals surface area (Å²) in [7, 11) is 6.53. The third kappa shape index (κ3) is 2.45. The van der Waals surface area contributed by atoms with E-state index in [4.69, 9.17) is 14.2 Å². The molecule has 0 bridgehead atoms. The Bertz CT molecular complexity index is 577. The number of rotatable bonds is 5. The molecule has 20 heavy (non-hydrogen) atoms. The molecule has 0 amide bonds. The summed E-state index contributed by atoms with van der Waals surface area (Å²) in [6, 6.07) is 3.68. The summed E-state index contributed by atoms with van der Waals surface area (Å²) >= 11 is 0. The van der Waals surface area contributed by atoms with Crippen LogP contribution in [0.4, 0.5) is 5.82 Å². The van der Waals surface area contributed by atoms with Crippen LogP contribution in [-0.2, 0) is 0 Å². The number of nitrogens with one attached hydrogen (secondary N) is 1. The first-order chi connectivity index (χ1) is 9.74. The van der Waals surface area contributed by atoms with Crippen molar-refractivity contribution in [3.05, 3.63) is 24.5 Å². The molecule has 1 N–H and O–H groups in total. The van der Waals surface area contributed by atoms with Gasteiger partial charge in [-0.1, -0.05) is 0 Å². The zero-order valence-electron chi connectivity index (χ0n) is 11.9. The molecule has 0 saturated heterocycles. The number of hydrogen-bond acceptors (Lipinski definition) is 6. The number of benzene rings is 1. The van der Waals surface area contributed by atoms with Crippen molar-refractivity contribution in [1.82, 2.24) is 9.97 Å². The van der Waals surface area contributed by atoms with Crippen LogP contribution in [0.1, 0.15) is 0 Å².